The molecular formula is C12H14FNO. The van der Waals surface area contributed by atoms with Crippen LogP contribution in [-0.4, -0.2) is 11.1 Å². The van der Waals surface area contributed by atoms with Gasteiger partial charge in [0.25, 0.3) is 0 Å². The highest BCUT2D eigenvalue weighted by Crippen LogP contribution is 2.43. The molecule has 1 saturated carbocycles. The van der Waals surface area contributed by atoms with Gasteiger partial charge in [0, 0.05) is 11.6 Å². The normalized spacial score (nSPS) is 29.5. The minimum atomic E-state index is -0.512. The molecule has 1 heterocycles. The second-order valence-electron chi connectivity index (χ2n) is 4.54. The zero-order chi connectivity index (χ0) is 10.4. The Kier molecular flexibility index (Phi) is 1.96. The van der Waals surface area contributed by atoms with E-state index < -0.39 is 6.10 Å². The molecule has 3 rings (SSSR count). The van der Waals surface area contributed by atoms with E-state index in [1.165, 1.54) is 18.9 Å². The number of rotatable bonds is 1. The molecule has 0 radical (unpaired) electrons. The smallest absolute Gasteiger partial charge is 0.146 e. The van der Waals surface area contributed by atoms with Gasteiger partial charge in [-0.1, -0.05) is 12.1 Å². The van der Waals surface area contributed by atoms with Crippen molar-refractivity contribution in [3.8, 4) is 0 Å². The van der Waals surface area contributed by atoms with Crippen LogP contribution >= 0.6 is 0 Å². The van der Waals surface area contributed by atoms with Crippen LogP contribution in [-0.2, 0) is 0 Å². The van der Waals surface area contributed by atoms with Crippen molar-refractivity contribution in [2.24, 2.45) is 5.92 Å². The summed E-state index contributed by atoms with van der Waals surface area (Å²) >= 11 is 0. The van der Waals surface area contributed by atoms with Gasteiger partial charge < -0.3 is 10.4 Å². The Bertz CT molecular complexity index is 389. The molecule has 3 heteroatoms. The number of fused-ring (bicyclic) bond motifs is 1. The summed E-state index contributed by atoms with van der Waals surface area (Å²) in [6, 6.07) is 5.13. The largest absolute Gasteiger partial charge is 0.388 e. The third kappa shape index (κ3) is 1.51. The van der Waals surface area contributed by atoms with Gasteiger partial charge in [-0.25, -0.2) is 4.39 Å². The summed E-state index contributed by atoms with van der Waals surface area (Å²) in [6.07, 6.45) is 2.60. The third-order valence-corrected chi connectivity index (χ3v) is 3.40. The van der Waals surface area contributed by atoms with Crippen LogP contribution in [0.15, 0.2) is 18.2 Å². The van der Waals surface area contributed by atoms with E-state index in [1.807, 2.05) is 0 Å². The molecule has 15 heavy (non-hydrogen) atoms. The second-order valence-corrected chi connectivity index (χ2v) is 4.54. The molecule has 0 aromatic heterocycles. The van der Waals surface area contributed by atoms with Crippen molar-refractivity contribution in [2.45, 2.75) is 31.4 Å². The predicted molar refractivity (Wildman–Crippen MR) is 56.1 cm³/mol. The molecule has 0 bridgehead atoms. The Hall–Kier alpha value is -1.09. The van der Waals surface area contributed by atoms with E-state index in [0.717, 1.165) is 0 Å². The number of halogens is 1. The first kappa shape index (κ1) is 9.16. The Morgan fingerprint density at radius 3 is 2.87 bits per heavy atom. The molecular weight excluding hydrogens is 193 g/mol. The van der Waals surface area contributed by atoms with Crippen LogP contribution in [0.2, 0.25) is 0 Å². The summed E-state index contributed by atoms with van der Waals surface area (Å²) in [7, 11) is 0. The SMILES string of the molecule is OC1CC(C2CC2)Nc2c(F)cccc21. The van der Waals surface area contributed by atoms with Crippen molar-refractivity contribution in [1.82, 2.24) is 0 Å². The van der Waals surface area contributed by atoms with Gasteiger partial charge in [0.2, 0.25) is 0 Å². The first-order chi connectivity index (χ1) is 7.25. The molecule has 0 spiro atoms. The van der Waals surface area contributed by atoms with Gasteiger partial charge in [-0.3, -0.25) is 0 Å². The lowest BCUT2D eigenvalue weighted by Crippen LogP contribution is -2.30. The topological polar surface area (TPSA) is 32.3 Å². The van der Waals surface area contributed by atoms with Gasteiger partial charge >= 0.3 is 0 Å². The summed E-state index contributed by atoms with van der Waals surface area (Å²) in [6.45, 7) is 0. The van der Waals surface area contributed by atoms with Crippen molar-refractivity contribution < 1.29 is 9.50 Å². The Morgan fingerprint density at radius 1 is 1.33 bits per heavy atom. The molecule has 1 fully saturated rings. The molecule has 0 amide bonds. The number of anilines is 1. The summed E-state index contributed by atoms with van der Waals surface area (Å²) in [5.41, 5.74) is 1.21. The molecule has 1 aliphatic heterocycles. The first-order valence-corrected chi connectivity index (χ1v) is 5.48. The molecule has 2 nitrogen and oxygen atoms in total. The maximum atomic E-state index is 13.5. The minimum absolute atomic E-state index is 0.253. The fraction of sp³-hybridized carbons (Fsp3) is 0.500. The average Bonchev–Trinajstić information content (AvgIpc) is 3.02. The van der Waals surface area contributed by atoms with E-state index in [4.69, 9.17) is 0 Å². The van der Waals surface area contributed by atoms with Crippen molar-refractivity contribution in [2.75, 3.05) is 5.32 Å². The van der Waals surface area contributed by atoms with Crippen LogP contribution in [0.3, 0.4) is 0 Å². The van der Waals surface area contributed by atoms with Crippen LogP contribution in [0.1, 0.15) is 30.9 Å². The lowest BCUT2D eigenvalue weighted by molar-refractivity contribution is 0.152. The maximum absolute atomic E-state index is 13.5. The molecule has 2 atom stereocenters. The second kappa shape index (κ2) is 3.20. The average molecular weight is 207 g/mol. The Balaban J connectivity index is 1.97. The summed E-state index contributed by atoms with van der Waals surface area (Å²) in [4.78, 5) is 0. The first-order valence-electron chi connectivity index (χ1n) is 5.48. The van der Waals surface area contributed by atoms with E-state index in [1.54, 1.807) is 12.1 Å². The van der Waals surface area contributed by atoms with Gasteiger partial charge in [0.1, 0.15) is 5.82 Å². The number of benzene rings is 1. The van der Waals surface area contributed by atoms with Gasteiger partial charge in [-0.05, 0) is 31.2 Å². The number of aliphatic hydroxyl groups is 1. The van der Waals surface area contributed by atoms with E-state index in [2.05, 4.69) is 5.32 Å². The number of nitrogens with one attached hydrogen (secondary N) is 1. The number of hydrogen-bond acceptors (Lipinski definition) is 2. The lowest BCUT2D eigenvalue weighted by Gasteiger charge is -2.30. The van der Waals surface area contributed by atoms with Crippen LogP contribution in [0.4, 0.5) is 10.1 Å². The Labute approximate surface area is 88.1 Å². The quantitative estimate of drug-likeness (QED) is 0.741. The van der Waals surface area contributed by atoms with Gasteiger partial charge in [-0.15, -0.1) is 0 Å². The molecule has 2 N–H and O–H groups in total. The molecule has 2 unspecified atom stereocenters. The lowest BCUT2D eigenvalue weighted by atomic mass is 9.93. The van der Waals surface area contributed by atoms with E-state index in [0.29, 0.717) is 23.6 Å². The van der Waals surface area contributed by atoms with Crippen LogP contribution in [0.5, 0.6) is 0 Å². The monoisotopic (exact) mass is 207 g/mol. The molecule has 1 aromatic rings. The van der Waals surface area contributed by atoms with E-state index in [-0.39, 0.29) is 11.9 Å². The number of aliphatic hydroxyl groups excluding tert-OH is 1. The fourth-order valence-corrected chi connectivity index (χ4v) is 2.39. The molecule has 2 aliphatic rings. The van der Waals surface area contributed by atoms with Crippen LogP contribution < -0.4 is 5.32 Å². The van der Waals surface area contributed by atoms with Crippen molar-refractivity contribution in [1.29, 1.82) is 0 Å². The number of para-hydroxylation sites is 1. The predicted octanol–water partition coefficient (Wildman–Crippen LogP) is 2.45. The summed E-state index contributed by atoms with van der Waals surface area (Å²) in [5, 5.41) is 13.1. The zero-order valence-corrected chi connectivity index (χ0v) is 8.41. The van der Waals surface area contributed by atoms with Crippen LogP contribution in [0, 0.1) is 11.7 Å². The van der Waals surface area contributed by atoms with Gasteiger partial charge in [0.05, 0.1) is 11.8 Å². The van der Waals surface area contributed by atoms with Crippen LogP contribution in [0.25, 0.3) is 0 Å². The standard InChI is InChI=1S/C12H14FNO/c13-9-3-1-2-8-11(15)6-10(7-4-5-7)14-12(8)9/h1-3,7,10-11,14-15H,4-6H2. The molecule has 0 saturated heterocycles. The van der Waals surface area contributed by atoms with Gasteiger partial charge in [-0.2, -0.15) is 0 Å². The highest BCUT2D eigenvalue weighted by Gasteiger charge is 2.37. The van der Waals surface area contributed by atoms with E-state index in [9.17, 15) is 9.50 Å². The van der Waals surface area contributed by atoms with Crippen molar-refractivity contribution >= 4 is 5.69 Å². The molecule has 1 aromatic carbocycles. The third-order valence-electron chi connectivity index (χ3n) is 3.40. The van der Waals surface area contributed by atoms with E-state index >= 15 is 0 Å². The zero-order valence-electron chi connectivity index (χ0n) is 8.41. The fourth-order valence-electron chi connectivity index (χ4n) is 2.39. The maximum Gasteiger partial charge on any atom is 0.146 e. The highest BCUT2D eigenvalue weighted by atomic mass is 19.1. The van der Waals surface area contributed by atoms with Gasteiger partial charge in [0.15, 0.2) is 0 Å². The Morgan fingerprint density at radius 2 is 2.13 bits per heavy atom. The summed E-state index contributed by atoms with van der Waals surface area (Å²) < 4.78 is 13.5. The van der Waals surface area contributed by atoms with Crippen molar-refractivity contribution in [3.63, 3.8) is 0 Å². The molecule has 1 aliphatic carbocycles. The highest BCUT2D eigenvalue weighted by molar-refractivity contribution is 5.56. The molecule has 80 valence electrons. The van der Waals surface area contributed by atoms with Crippen molar-refractivity contribution in [3.05, 3.63) is 29.6 Å². The number of hydrogen-bond donors (Lipinski definition) is 2. The minimum Gasteiger partial charge on any atom is -0.388 e. The summed E-state index contributed by atoms with van der Waals surface area (Å²) in [5.74, 6) is 0.379.